The van der Waals surface area contributed by atoms with E-state index in [2.05, 4.69) is 15.0 Å². The second-order valence-corrected chi connectivity index (χ2v) is 11.5. The van der Waals surface area contributed by atoms with Gasteiger partial charge < -0.3 is 0 Å². The zero-order valence-corrected chi connectivity index (χ0v) is 17.3. The molecule has 28 heavy (non-hydrogen) atoms. The van der Waals surface area contributed by atoms with Crippen LogP contribution in [0.1, 0.15) is 19.4 Å². The summed E-state index contributed by atoms with van der Waals surface area (Å²) in [5.41, 5.74) is 0.0394. The predicted octanol–water partition coefficient (Wildman–Crippen LogP) is 1.39. The third-order valence-corrected chi connectivity index (χ3v) is 7.80. The molecule has 0 spiro atoms. The summed E-state index contributed by atoms with van der Waals surface area (Å²) in [5, 5.41) is -0.391. The second kappa shape index (κ2) is 6.08. The van der Waals surface area contributed by atoms with E-state index in [0.29, 0.717) is 5.56 Å². The number of aliphatic imine (C=N–C) groups is 1. The Bertz CT molecular complexity index is 1180. The Morgan fingerprint density at radius 3 is 2.57 bits per heavy atom. The lowest BCUT2D eigenvalue weighted by Crippen LogP contribution is -2.39. The molecule has 1 aromatic rings. The summed E-state index contributed by atoms with van der Waals surface area (Å²) >= 11 is 0. The number of hydrogen-bond acceptors (Lipinski definition) is 7. The summed E-state index contributed by atoms with van der Waals surface area (Å²) in [6, 6.07) is -0.539. The van der Waals surface area contributed by atoms with Crippen LogP contribution in [0.3, 0.4) is 0 Å². The van der Waals surface area contributed by atoms with Gasteiger partial charge in [-0.1, -0.05) is 32.1 Å². The highest BCUT2D eigenvalue weighted by atomic mass is 32.2. The van der Waals surface area contributed by atoms with Crippen LogP contribution in [0.15, 0.2) is 51.6 Å². The standard InChI is InChI=1S/C18H20N4O4S2/c1-18(2)11-22(16-13(18)10-20-17(21-16)27(3,23)24)28(25,26)14-8-4-6-12-7-5-9-19-15(12)14/h4-10,12,15H,11H2,1-3H3. The van der Waals surface area contributed by atoms with Crippen molar-refractivity contribution in [2.24, 2.45) is 10.9 Å². The van der Waals surface area contributed by atoms with E-state index in [1.807, 2.05) is 26.0 Å². The average Bonchev–Trinajstić information content (AvgIpc) is 2.92. The van der Waals surface area contributed by atoms with Crippen molar-refractivity contribution in [2.45, 2.75) is 30.5 Å². The fraction of sp³-hybridized carbons (Fsp3) is 0.389. The molecule has 0 saturated carbocycles. The Morgan fingerprint density at radius 2 is 1.86 bits per heavy atom. The van der Waals surface area contributed by atoms with Crippen LogP contribution in [0.2, 0.25) is 0 Å². The molecule has 8 nitrogen and oxygen atoms in total. The summed E-state index contributed by atoms with van der Waals surface area (Å²) in [6.07, 6.45) is 12.9. The molecule has 1 aliphatic carbocycles. The maximum atomic E-state index is 13.6. The van der Waals surface area contributed by atoms with Crippen LogP contribution in [-0.2, 0) is 25.3 Å². The number of sulfone groups is 1. The van der Waals surface area contributed by atoms with Crippen LogP contribution in [0.5, 0.6) is 0 Å². The number of sulfonamides is 1. The summed E-state index contributed by atoms with van der Waals surface area (Å²) in [7, 11) is -7.65. The lowest BCUT2D eigenvalue weighted by molar-refractivity contribution is 0.551. The molecular formula is C18H20N4O4S2. The summed E-state index contributed by atoms with van der Waals surface area (Å²) in [5.74, 6) is -0.0189. The topological polar surface area (TPSA) is 110 Å². The molecule has 0 amide bonds. The number of dihydropyridines is 1. The van der Waals surface area contributed by atoms with E-state index in [9.17, 15) is 16.8 Å². The molecule has 3 heterocycles. The Balaban J connectivity index is 1.85. The first-order chi connectivity index (χ1) is 13.0. The van der Waals surface area contributed by atoms with Crippen LogP contribution >= 0.6 is 0 Å². The van der Waals surface area contributed by atoms with E-state index in [0.717, 1.165) is 6.26 Å². The molecule has 3 aliphatic rings. The van der Waals surface area contributed by atoms with Gasteiger partial charge in [-0.25, -0.2) is 26.1 Å². The third kappa shape index (κ3) is 2.91. The first kappa shape index (κ1) is 19.0. The molecule has 0 bridgehead atoms. The normalized spacial score (nSPS) is 25.4. The maximum Gasteiger partial charge on any atom is 0.263 e. The van der Waals surface area contributed by atoms with Gasteiger partial charge in [-0.3, -0.25) is 4.99 Å². The molecule has 0 N–H and O–H groups in total. The van der Waals surface area contributed by atoms with Gasteiger partial charge in [0.15, 0.2) is 5.82 Å². The largest absolute Gasteiger partial charge is 0.283 e. The molecule has 148 valence electrons. The van der Waals surface area contributed by atoms with Gasteiger partial charge in [0.1, 0.15) is 0 Å². The number of allylic oxidation sites excluding steroid dienone is 3. The van der Waals surface area contributed by atoms with Crippen molar-refractivity contribution in [2.75, 3.05) is 17.1 Å². The Kier molecular flexibility index (Phi) is 4.13. The van der Waals surface area contributed by atoms with E-state index in [-0.39, 0.29) is 23.2 Å². The average molecular weight is 421 g/mol. The van der Waals surface area contributed by atoms with Gasteiger partial charge in [0.25, 0.3) is 10.0 Å². The highest BCUT2D eigenvalue weighted by Crippen LogP contribution is 2.43. The molecule has 0 aromatic carbocycles. The van der Waals surface area contributed by atoms with E-state index in [1.165, 1.54) is 10.5 Å². The van der Waals surface area contributed by atoms with Crippen molar-refractivity contribution in [3.8, 4) is 0 Å². The quantitative estimate of drug-likeness (QED) is 0.684. The second-order valence-electron chi connectivity index (χ2n) is 7.72. The van der Waals surface area contributed by atoms with Crippen molar-refractivity contribution >= 4 is 31.9 Å². The zero-order valence-electron chi connectivity index (χ0n) is 15.6. The Labute approximate surface area is 164 Å². The van der Waals surface area contributed by atoms with Crippen molar-refractivity contribution in [1.82, 2.24) is 9.97 Å². The molecule has 0 fully saturated rings. The van der Waals surface area contributed by atoms with Crippen LogP contribution in [0.4, 0.5) is 5.82 Å². The van der Waals surface area contributed by atoms with Crippen molar-refractivity contribution < 1.29 is 16.8 Å². The van der Waals surface area contributed by atoms with Gasteiger partial charge in [-0.2, -0.15) is 4.98 Å². The van der Waals surface area contributed by atoms with E-state index >= 15 is 0 Å². The van der Waals surface area contributed by atoms with Gasteiger partial charge in [-0.15, -0.1) is 0 Å². The zero-order chi connectivity index (χ0) is 20.3. The van der Waals surface area contributed by atoms with Crippen LogP contribution in [0, 0.1) is 5.92 Å². The molecule has 0 radical (unpaired) electrons. The lowest BCUT2D eigenvalue weighted by atomic mass is 9.89. The number of hydrogen-bond donors (Lipinski definition) is 0. The highest BCUT2D eigenvalue weighted by molar-refractivity contribution is 7.96. The van der Waals surface area contributed by atoms with E-state index in [1.54, 1.807) is 24.4 Å². The lowest BCUT2D eigenvalue weighted by Gasteiger charge is -2.29. The van der Waals surface area contributed by atoms with Crippen molar-refractivity contribution in [3.63, 3.8) is 0 Å². The monoisotopic (exact) mass is 420 g/mol. The first-order valence-corrected chi connectivity index (χ1v) is 12.0. The number of anilines is 1. The van der Waals surface area contributed by atoms with Gasteiger partial charge >= 0.3 is 0 Å². The van der Waals surface area contributed by atoms with Crippen LogP contribution in [0.25, 0.3) is 0 Å². The fourth-order valence-electron chi connectivity index (χ4n) is 3.62. The minimum Gasteiger partial charge on any atom is -0.283 e. The smallest absolute Gasteiger partial charge is 0.263 e. The molecule has 2 atom stereocenters. The van der Waals surface area contributed by atoms with Gasteiger partial charge in [-0.05, 0) is 12.2 Å². The fourth-order valence-corrected chi connectivity index (χ4v) is 6.01. The van der Waals surface area contributed by atoms with Crippen LogP contribution in [-0.4, -0.2) is 51.9 Å². The SMILES string of the molecule is CC1(C)CN(S(=O)(=O)C2=CC=CC3C=CC=NC23)c2nc(S(C)(=O)=O)ncc21. The summed E-state index contributed by atoms with van der Waals surface area (Å²) in [4.78, 5) is 12.6. The number of nitrogens with zero attached hydrogens (tertiary/aromatic N) is 4. The van der Waals surface area contributed by atoms with Gasteiger partial charge in [0.05, 0.1) is 10.9 Å². The molecule has 2 unspecified atom stereocenters. The predicted molar refractivity (Wildman–Crippen MR) is 107 cm³/mol. The molecule has 4 rings (SSSR count). The summed E-state index contributed by atoms with van der Waals surface area (Å²) in [6.45, 7) is 3.90. The molecular weight excluding hydrogens is 400 g/mol. The van der Waals surface area contributed by atoms with E-state index < -0.39 is 36.5 Å². The minimum absolute atomic E-state index is 0.114. The number of fused-ring (bicyclic) bond motifs is 2. The maximum absolute atomic E-state index is 13.6. The Hall–Kier alpha value is -2.33. The van der Waals surface area contributed by atoms with Gasteiger partial charge in [0, 0.05) is 42.1 Å². The number of aromatic nitrogens is 2. The first-order valence-electron chi connectivity index (χ1n) is 8.70. The third-order valence-electron chi connectivity index (χ3n) is 5.09. The Morgan fingerprint density at radius 1 is 1.14 bits per heavy atom. The summed E-state index contributed by atoms with van der Waals surface area (Å²) < 4.78 is 52.1. The van der Waals surface area contributed by atoms with E-state index in [4.69, 9.17) is 0 Å². The van der Waals surface area contributed by atoms with Crippen LogP contribution < -0.4 is 4.31 Å². The van der Waals surface area contributed by atoms with Crippen molar-refractivity contribution in [3.05, 3.63) is 47.0 Å². The molecule has 10 heteroatoms. The minimum atomic E-state index is -3.97. The van der Waals surface area contributed by atoms with Gasteiger partial charge in [0.2, 0.25) is 15.0 Å². The van der Waals surface area contributed by atoms with Crippen molar-refractivity contribution in [1.29, 1.82) is 0 Å². The highest BCUT2D eigenvalue weighted by Gasteiger charge is 2.46. The molecule has 0 saturated heterocycles. The molecule has 2 aliphatic heterocycles. The number of rotatable bonds is 3. The molecule has 1 aromatic heterocycles.